The summed E-state index contributed by atoms with van der Waals surface area (Å²) in [5.74, 6) is -0.0854. The topological polar surface area (TPSA) is 112 Å². The Labute approximate surface area is 186 Å². The number of aliphatic hydroxyl groups excluding tert-OH is 2. The van der Waals surface area contributed by atoms with Crippen LogP contribution < -0.4 is 9.47 Å². The molecular weight excluding hydrogens is 416 g/mol. The molecule has 0 aliphatic carbocycles. The molecule has 0 amide bonds. The van der Waals surface area contributed by atoms with Crippen molar-refractivity contribution in [3.63, 3.8) is 0 Å². The number of ether oxygens (including phenoxy) is 4. The Hall–Kier alpha value is -3.20. The van der Waals surface area contributed by atoms with Gasteiger partial charge in [-0.05, 0) is 36.8 Å². The van der Waals surface area contributed by atoms with Crippen molar-refractivity contribution in [1.82, 2.24) is 0 Å². The van der Waals surface area contributed by atoms with Crippen molar-refractivity contribution < 1.29 is 38.7 Å². The minimum Gasteiger partial charge on any atom is -0.493 e. The van der Waals surface area contributed by atoms with Gasteiger partial charge in [0.05, 0.1) is 13.2 Å². The minimum atomic E-state index is -1.25. The van der Waals surface area contributed by atoms with Crippen molar-refractivity contribution in [1.29, 1.82) is 0 Å². The van der Waals surface area contributed by atoms with E-state index in [-0.39, 0.29) is 18.8 Å². The molecule has 8 heteroatoms. The zero-order chi connectivity index (χ0) is 23.1. The summed E-state index contributed by atoms with van der Waals surface area (Å²) in [5.41, 5.74) is 1.30. The lowest BCUT2D eigenvalue weighted by atomic mass is 10.0. The summed E-state index contributed by atoms with van der Waals surface area (Å²) >= 11 is 0. The largest absolute Gasteiger partial charge is 0.493 e. The van der Waals surface area contributed by atoms with E-state index in [0.29, 0.717) is 17.1 Å². The second-order valence-electron chi connectivity index (χ2n) is 7.31. The molecule has 0 spiro atoms. The second kappa shape index (κ2) is 10.9. The summed E-state index contributed by atoms with van der Waals surface area (Å²) < 4.78 is 21.9. The first-order chi connectivity index (χ1) is 15.4. The van der Waals surface area contributed by atoms with E-state index in [1.54, 1.807) is 24.3 Å². The number of rotatable bonds is 8. The number of benzene rings is 2. The van der Waals surface area contributed by atoms with Gasteiger partial charge < -0.3 is 29.2 Å². The van der Waals surface area contributed by atoms with Crippen LogP contribution in [0.2, 0.25) is 0 Å². The second-order valence-corrected chi connectivity index (χ2v) is 7.31. The predicted molar refractivity (Wildman–Crippen MR) is 115 cm³/mol. The Balaban J connectivity index is 1.60. The summed E-state index contributed by atoms with van der Waals surface area (Å²) in [6.45, 7) is 1.18. The maximum atomic E-state index is 12.0. The SMILES string of the molecule is COc1cc(C(C)=O)ccc1OC1CC(O)C(O)C(COC(=O)/C=C/c2ccccc2)O1. The fourth-order valence-corrected chi connectivity index (χ4v) is 3.20. The van der Waals surface area contributed by atoms with Gasteiger partial charge in [0, 0.05) is 18.1 Å². The van der Waals surface area contributed by atoms with Gasteiger partial charge in [0.25, 0.3) is 0 Å². The molecule has 2 aromatic rings. The number of carbonyl (C=O) groups is 2. The molecule has 170 valence electrons. The third-order valence-electron chi connectivity index (χ3n) is 4.97. The first-order valence-corrected chi connectivity index (χ1v) is 10.1. The lowest BCUT2D eigenvalue weighted by Crippen LogP contribution is -2.51. The maximum Gasteiger partial charge on any atom is 0.330 e. The zero-order valence-corrected chi connectivity index (χ0v) is 17.8. The molecule has 1 aliphatic rings. The Kier molecular flexibility index (Phi) is 7.99. The monoisotopic (exact) mass is 442 g/mol. The fraction of sp³-hybridized carbons (Fsp3) is 0.333. The molecule has 0 bridgehead atoms. The van der Waals surface area contributed by atoms with E-state index in [2.05, 4.69) is 0 Å². The van der Waals surface area contributed by atoms with Crippen LogP contribution in [0.25, 0.3) is 6.08 Å². The molecule has 0 saturated carbocycles. The van der Waals surface area contributed by atoms with Crippen LogP contribution in [-0.4, -0.2) is 60.3 Å². The number of aliphatic hydroxyl groups is 2. The average Bonchev–Trinajstić information content (AvgIpc) is 2.79. The third kappa shape index (κ3) is 6.16. The van der Waals surface area contributed by atoms with Crippen molar-refractivity contribution in [3.05, 3.63) is 65.7 Å². The highest BCUT2D eigenvalue weighted by atomic mass is 16.7. The smallest absolute Gasteiger partial charge is 0.330 e. The highest BCUT2D eigenvalue weighted by Gasteiger charge is 2.38. The third-order valence-corrected chi connectivity index (χ3v) is 4.97. The number of carbonyl (C=O) groups excluding carboxylic acids is 2. The highest BCUT2D eigenvalue weighted by Crippen LogP contribution is 2.32. The average molecular weight is 442 g/mol. The number of esters is 1. The normalized spacial score (nSPS) is 23.0. The van der Waals surface area contributed by atoms with Gasteiger partial charge in [0.1, 0.15) is 18.8 Å². The molecular formula is C24H26O8. The number of ketones is 1. The summed E-state index contributed by atoms with van der Waals surface area (Å²) in [6, 6.07) is 14.0. The van der Waals surface area contributed by atoms with Crippen LogP contribution in [0.4, 0.5) is 0 Å². The fourth-order valence-electron chi connectivity index (χ4n) is 3.20. The van der Waals surface area contributed by atoms with Crippen LogP contribution in [0.15, 0.2) is 54.6 Å². The summed E-state index contributed by atoms with van der Waals surface area (Å²) in [7, 11) is 1.44. The number of hydrogen-bond acceptors (Lipinski definition) is 8. The summed E-state index contributed by atoms with van der Waals surface area (Å²) in [4.78, 5) is 23.6. The molecule has 4 atom stereocenters. The quantitative estimate of drug-likeness (QED) is 0.364. The van der Waals surface area contributed by atoms with Crippen LogP contribution >= 0.6 is 0 Å². The Morgan fingerprint density at radius 1 is 1.12 bits per heavy atom. The summed E-state index contributed by atoms with van der Waals surface area (Å²) in [6.07, 6.45) is -1.41. The highest BCUT2D eigenvalue weighted by molar-refractivity contribution is 5.94. The van der Waals surface area contributed by atoms with Crippen LogP contribution in [0, 0.1) is 0 Å². The van der Waals surface area contributed by atoms with Gasteiger partial charge in [-0.2, -0.15) is 0 Å². The molecule has 1 aliphatic heterocycles. The summed E-state index contributed by atoms with van der Waals surface area (Å²) in [5, 5.41) is 20.5. The van der Waals surface area contributed by atoms with Crippen molar-refractivity contribution in [2.45, 2.75) is 37.9 Å². The maximum absolute atomic E-state index is 12.0. The van der Waals surface area contributed by atoms with Crippen molar-refractivity contribution in [2.75, 3.05) is 13.7 Å². The van der Waals surface area contributed by atoms with Crippen LogP contribution in [-0.2, 0) is 14.3 Å². The number of hydrogen-bond donors (Lipinski definition) is 2. The van der Waals surface area contributed by atoms with E-state index in [9.17, 15) is 19.8 Å². The molecule has 0 aromatic heterocycles. The molecule has 32 heavy (non-hydrogen) atoms. The predicted octanol–water partition coefficient (Wildman–Crippen LogP) is 2.37. The Morgan fingerprint density at radius 2 is 1.88 bits per heavy atom. The zero-order valence-electron chi connectivity index (χ0n) is 17.8. The number of methoxy groups -OCH3 is 1. The van der Waals surface area contributed by atoms with E-state index >= 15 is 0 Å². The standard InChI is InChI=1S/C24H26O8/c1-15(25)17-9-10-19(20(12-17)29-2)31-23-13-18(26)24(28)21(32-23)14-30-22(27)11-8-16-6-4-3-5-7-16/h3-12,18,21,23-24,26,28H,13-14H2,1-2H3/b11-8+. The van der Waals surface area contributed by atoms with Crippen LogP contribution in [0.3, 0.4) is 0 Å². The lowest BCUT2D eigenvalue weighted by Gasteiger charge is -2.36. The Bertz CT molecular complexity index is 956. The van der Waals surface area contributed by atoms with Gasteiger partial charge in [-0.3, -0.25) is 4.79 Å². The van der Waals surface area contributed by atoms with Crippen molar-refractivity contribution >= 4 is 17.8 Å². The Morgan fingerprint density at radius 3 is 2.56 bits per heavy atom. The van der Waals surface area contributed by atoms with Crippen molar-refractivity contribution in [2.24, 2.45) is 0 Å². The van der Waals surface area contributed by atoms with E-state index < -0.39 is 30.6 Å². The molecule has 0 radical (unpaired) electrons. The molecule has 1 saturated heterocycles. The van der Waals surface area contributed by atoms with Gasteiger partial charge in [-0.15, -0.1) is 0 Å². The molecule has 2 aromatic carbocycles. The first kappa shape index (κ1) is 23.5. The minimum absolute atomic E-state index is 0.00284. The van der Waals surface area contributed by atoms with Gasteiger partial charge in [0.2, 0.25) is 6.29 Å². The lowest BCUT2D eigenvalue weighted by molar-refractivity contribution is -0.232. The van der Waals surface area contributed by atoms with Gasteiger partial charge in [-0.25, -0.2) is 4.79 Å². The van der Waals surface area contributed by atoms with Gasteiger partial charge in [-0.1, -0.05) is 30.3 Å². The van der Waals surface area contributed by atoms with Crippen LogP contribution in [0.1, 0.15) is 29.3 Å². The molecule has 8 nitrogen and oxygen atoms in total. The van der Waals surface area contributed by atoms with Gasteiger partial charge >= 0.3 is 5.97 Å². The molecule has 4 unspecified atom stereocenters. The molecule has 1 fully saturated rings. The van der Waals surface area contributed by atoms with E-state index in [0.717, 1.165) is 5.56 Å². The van der Waals surface area contributed by atoms with E-state index in [1.165, 1.54) is 20.1 Å². The van der Waals surface area contributed by atoms with E-state index in [4.69, 9.17) is 18.9 Å². The first-order valence-electron chi connectivity index (χ1n) is 10.1. The van der Waals surface area contributed by atoms with Crippen molar-refractivity contribution in [3.8, 4) is 11.5 Å². The molecule has 2 N–H and O–H groups in total. The molecule has 3 rings (SSSR count). The number of Topliss-reactive ketones (excluding diaryl/α,β-unsaturated/α-hetero) is 1. The van der Waals surface area contributed by atoms with Gasteiger partial charge in [0.15, 0.2) is 17.3 Å². The van der Waals surface area contributed by atoms with Crippen LogP contribution in [0.5, 0.6) is 11.5 Å². The molecule has 1 heterocycles. The van der Waals surface area contributed by atoms with E-state index in [1.807, 2.05) is 30.3 Å².